The van der Waals surface area contributed by atoms with Gasteiger partial charge in [-0.2, -0.15) is 0 Å². The van der Waals surface area contributed by atoms with Crippen LogP contribution in [0.4, 0.5) is 0 Å². The highest BCUT2D eigenvalue weighted by molar-refractivity contribution is 5.40. The van der Waals surface area contributed by atoms with Gasteiger partial charge < -0.3 is 15.2 Å². The molecule has 1 aromatic rings. The first kappa shape index (κ1) is 11.2. The van der Waals surface area contributed by atoms with Gasteiger partial charge in [-0.3, -0.25) is 4.90 Å². The summed E-state index contributed by atoms with van der Waals surface area (Å²) in [7, 11) is 3.36. The van der Waals surface area contributed by atoms with Gasteiger partial charge in [0.05, 0.1) is 14.2 Å². The van der Waals surface area contributed by atoms with Crippen molar-refractivity contribution >= 4 is 0 Å². The van der Waals surface area contributed by atoms with Crippen molar-refractivity contribution in [2.75, 3.05) is 27.3 Å². The van der Waals surface area contributed by atoms with Gasteiger partial charge in [0.15, 0.2) is 0 Å². The van der Waals surface area contributed by atoms with E-state index in [4.69, 9.17) is 15.2 Å². The van der Waals surface area contributed by atoms with Crippen LogP contribution in [-0.4, -0.2) is 38.3 Å². The van der Waals surface area contributed by atoms with Gasteiger partial charge in [0, 0.05) is 31.2 Å². The number of rotatable bonds is 4. The largest absolute Gasteiger partial charge is 0.497 e. The third-order valence-electron chi connectivity index (χ3n) is 2.87. The normalized spacial score (nSPS) is 16.9. The molecule has 0 unspecified atom stereocenters. The Balaban J connectivity index is 2.10. The number of benzene rings is 1. The molecule has 1 fully saturated rings. The van der Waals surface area contributed by atoms with Crippen molar-refractivity contribution in [3.05, 3.63) is 23.8 Å². The van der Waals surface area contributed by atoms with E-state index < -0.39 is 0 Å². The van der Waals surface area contributed by atoms with Gasteiger partial charge in [0.1, 0.15) is 11.5 Å². The van der Waals surface area contributed by atoms with Crippen LogP contribution in [0.2, 0.25) is 0 Å². The van der Waals surface area contributed by atoms with E-state index in [2.05, 4.69) is 4.90 Å². The van der Waals surface area contributed by atoms with E-state index >= 15 is 0 Å². The molecule has 0 bridgehead atoms. The molecule has 16 heavy (non-hydrogen) atoms. The molecule has 2 N–H and O–H groups in total. The molecule has 0 saturated carbocycles. The lowest BCUT2D eigenvalue weighted by Gasteiger charge is -2.37. The second-order valence-electron chi connectivity index (χ2n) is 4.13. The first-order valence-electron chi connectivity index (χ1n) is 5.41. The fourth-order valence-corrected chi connectivity index (χ4v) is 1.99. The number of methoxy groups -OCH3 is 2. The lowest BCUT2D eigenvalue weighted by Crippen LogP contribution is -2.54. The minimum Gasteiger partial charge on any atom is -0.497 e. The molecule has 0 radical (unpaired) electrons. The number of nitrogens with two attached hydrogens (primary N) is 1. The Morgan fingerprint density at radius 1 is 1.31 bits per heavy atom. The summed E-state index contributed by atoms with van der Waals surface area (Å²) in [5, 5.41) is 0. The van der Waals surface area contributed by atoms with Crippen molar-refractivity contribution in [1.82, 2.24) is 4.90 Å². The smallest absolute Gasteiger partial charge is 0.123 e. The molecular formula is C12H18N2O2. The van der Waals surface area contributed by atoms with Crippen molar-refractivity contribution in [2.24, 2.45) is 5.73 Å². The zero-order chi connectivity index (χ0) is 11.5. The summed E-state index contributed by atoms with van der Waals surface area (Å²) in [4.78, 5) is 2.29. The van der Waals surface area contributed by atoms with E-state index in [0.29, 0.717) is 6.04 Å². The van der Waals surface area contributed by atoms with Crippen LogP contribution < -0.4 is 15.2 Å². The second-order valence-corrected chi connectivity index (χ2v) is 4.13. The molecule has 1 aliphatic heterocycles. The van der Waals surface area contributed by atoms with Crippen molar-refractivity contribution in [3.8, 4) is 11.5 Å². The van der Waals surface area contributed by atoms with Crippen molar-refractivity contribution in [3.63, 3.8) is 0 Å². The monoisotopic (exact) mass is 222 g/mol. The van der Waals surface area contributed by atoms with Gasteiger partial charge in [-0.05, 0) is 18.2 Å². The second kappa shape index (κ2) is 4.72. The summed E-state index contributed by atoms with van der Waals surface area (Å²) in [5.41, 5.74) is 6.90. The molecule has 0 aromatic heterocycles. The molecule has 88 valence electrons. The summed E-state index contributed by atoms with van der Waals surface area (Å²) < 4.78 is 10.5. The highest BCUT2D eigenvalue weighted by Gasteiger charge is 2.23. The maximum absolute atomic E-state index is 5.75. The Labute approximate surface area is 95.9 Å². The van der Waals surface area contributed by atoms with Crippen LogP contribution >= 0.6 is 0 Å². The van der Waals surface area contributed by atoms with Crippen molar-refractivity contribution in [2.45, 2.75) is 12.6 Å². The highest BCUT2D eigenvalue weighted by atomic mass is 16.5. The van der Waals surface area contributed by atoms with E-state index in [1.165, 1.54) is 0 Å². The lowest BCUT2D eigenvalue weighted by molar-refractivity contribution is 0.141. The molecule has 0 atom stereocenters. The number of likely N-dealkylation sites (tertiary alicyclic amines) is 1. The maximum atomic E-state index is 5.75. The molecule has 4 heteroatoms. The van der Waals surface area contributed by atoms with Crippen LogP contribution in [0.15, 0.2) is 18.2 Å². The Kier molecular flexibility index (Phi) is 3.31. The number of hydrogen-bond acceptors (Lipinski definition) is 4. The third kappa shape index (κ3) is 2.28. The van der Waals surface area contributed by atoms with Crippen LogP contribution in [0.5, 0.6) is 11.5 Å². The standard InChI is InChI=1S/C12H18N2O2/c1-15-11-3-4-12(16-2)9(5-11)6-14-7-10(13)8-14/h3-5,10H,6-8,13H2,1-2H3. The van der Waals surface area contributed by atoms with Crippen LogP contribution in [0.1, 0.15) is 5.56 Å². The predicted octanol–water partition coefficient (Wildman–Crippen LogP) is 0.847. The zero-order valence-electron chi connectivity index (χ0n) is 9.77. The van der Waals surface area contributed by atoms with Crippen molar-refractivity contribution in [1.29, 1.82) is 0 Å². The SMILES string of the molecule is COc1ccc(OC)c(CN2CC(N)C2)c1. The quantitative estimate of drug-likeness (QED) is 0.820. The van der Waals surface area contributed by atoms with E-state index in [1.807, 2.05) is 18.2 Å². The predicted molar refractivity (Wildman–Crippen MR) is 62.8 cm³/mol. The Morgan fingerprint density at radius 2 is 2.06 bits per heavy atom. The van der Waals surface area contributed by atoms with Crippen LogP contribution in [0, 0.1) is 0 Å². The van der Waals surface area contributed by atoms with E-state index in [-0.39, 0.29) is 0 Å². The Hall–Kier alpha value is -1.26. The molecule has 0 amide bonds. The number of ether oxygens (including phenoxy) is 2. The summed E-state index contributed by atoms with van der Waals surface area (Å²) >= 11 is 0. The van der Waals surface area contributed by atoms with E-state index in [9.17, 15) is 0 Å². The van der Waals surface area contributed by atoms with Gasteiger partial charge in [-0.1, -0.05) is 0 Å². The van der Waals surface area contributed by atoms with E-state index in [1.54, 1.807) is 14.2 Å². The van der Waals surface area contributed by atoms with Crippen molar-refractivity contribution < 1.29 is 9.47 Å². The molecular weight excluding hydrogens is 204 g/mol. The number of nitrogens with zero attached hydrogens (tertiary/aromatic N) is 1. The highest BCUT2D eigenvalue weighted by Crippen LogP contribution is 2.26. The molecule has 2 rings (SSSR count). The minimum atomic E-state index is 0.330. The summed E-state index contributed by atoms with van der Waals surface area (Å²) in [6.45, 7) is 2.79. The molecule has 0 aliphatic carbocycles. The van der Waals surface area contributed by atoms with Gasteiger partial charge in [-0.15, -0.1) is 0 Å². The third-order valence-corrected chi connectivity index (χ3v) is 2.87. The Bertz CT molecular complexity index is 362. The Morgan fingerprint density at radius 3 is 2.62 bits per heavy atom. The zero-order valence-corrected chi connectivity index (χ0v) is 9.77. The number of hydrogen-bond donors (Lipinski definition) is 1. The molecule has 1 aliphatic rings. The average molecular weight is 222 g/mol. The maximum Gasteiger partial charge on any atom is 0.123 e. The molecule has 1 heterocycles. The average Bonchev–Trinajstić information content (AvgIpc) is 2.27. The lowest BCUT2D eigenvalue weighted by atomic mass is 10.1. The molecule has 1 aromatic carbocycles. The molecule has 0 spiro atoms. The molecule has 1 saturated heterocycles. The minimum absolute atomic E-state index is 0.330. The van der Waals surface area contributed by atoms with Gasteiger partial charge in [0.25, 0.3) is 0 Å². The summed E-state index contributed by atoms with van der Waals surface area (Å²) in [5.74, 6) is 1.77. The van der Waals surface area contributed by atoms with Crippen LogP contribution in [-0.2, 0) is 6.54 Å². The van der Waals surface area contributed by atoms with Crippen LogP contribution in [0.3, 0.4) is 0 Å². The fraction of sp³-hybridized carbons (Fsp3) is 0.500. The van der Waals surface area contributed by atoms with Crippen LogP contribution in [0.25, 0.3) is 0 Å². The fourth-order valence-electron chi connectivity index (χ4n) is 1.99. The molecule has 4 nitrogen and oxygen atoms in total. The van der Waals surface area contributed by atoms with Gasteiger partial charge in [0.2, 0.25) is 0 Å². The summed E-state index contributed by atoms with van der Waals surface area (Å²) in [6, 6.07) is 6.19. The van der Waals surface area contributed by atoms with Gasteiger partial charge in [-0.25, -0.2) is 0 Å². The summed E-state index contributed by atoms with van der Waals surface area (Å²) in [6.07, 6.45) is 0. The topological polar surface area (TPSA) is 47.7 Å². The first-order chi connectivity index (χ1) is 7.72. The van der Waals surface area contributed by atoms with Gasteiger partial charge >= 0.3 is 0 Å². The van der Waals surface area contributed by atoms with E-state index in [0.717, 1.165) is 36.7 Å². The first-order valence-corrected chi connectivity index (χ1v) is 5.41.